The smallest absolute Gasteiger partial charge is 0.0308 e. The second-order valence-electron chi connectivity index (χ2n) is 8.89. The monoisotopic (exact) mass is 377 g/mol. The van der Waals surface area contributed by atoms with Crippen LogP contribution in [0.15, 0.2) is 42.7 Å². The van der Waals surface area contributed by atoms with Crippen LogP contribution in [-0.4, -0.2) is 4.98 Å². The zero-order valence-electron chi connectivity index (χ0n) is 18.3. The molecule has 0 N–H and O–H groups in total. The molecular formula is C27H39N. The first-order valence-electron chi connectivity index (χ1n) is 11.8. The first-order chi connectivity index (χ1) is 13.7. The van der Waals surface area contributed by atoms with Crippen LogP contribution in [0.4, 0.5) is 0 Å². The molecule has 0 bridgehead atoms. The number of pyridine rings is 1. The summed E-state index contributed by atoms with van der Waals surface area (Å²) in [4.78, 5) is 4.52. The maximum Gasteiger partial charge on any atom is 0.0308 e. The van der Waals surface area contributed by atoms with Gasteiger partial charge in [-0.25, -0.2) is 0 Å². The highest BCUT2D eigenvalue weighted by Crippen LogP contribution is 2.42. The highest BCUT2D eigenvalue weighted by molar-refractivity contribution is 5.70. The fourth-order valence-corrected chi connectivity index (χ4v) is 5.20. The molecule has 0 amide bonds. The van der Waals surface area contributed by atoms with E-state index in [0.29, 0.717) is 5.92 Å². The first-order valence-corrected chi connectivity index (χ1v) is 11.8. The van der Waals surface area contributed by atoms with Crippen LogP contribution in [0.5, 0.6) is 0 Å². The molecule has 0 aliphatic heterocycles. The van der Waals surface area contributed by atoms with Crippen LogP contribution in [0.2, 0.25) is 0 Å². The van der Waals surface area contributed by atoms with Gasteiger partial charge in [0.15, 0.2) is 0 Å². The van der Waals surface area contributed by atoms with E-state index < -0.39 is 0 Å². The lowest BCUT2D eigenvalue weighted by atomic mass is 9.72. The molecular weight excluding hydrogens is 338 g/mol. The minimum absolute atomic E-state index is 0.592. The van der Waals surface area contributed by atoms with E-state index in [4.69, 9.17) is 0 Å². The minimum Gasteiger partial charge on any atom is -0.264 e. The highest BCUT2D eigenvalue weighted by Gasteiger charge is 2.27. The molecule has 0 spiro atoms. The SMILES string of the molecule is CCCCCCC1CCC(C(C)c2cnccc2-c2ccccc2CC)CC1. The van der Waals surface area contributed by atoms with Crippen molar-refractivity contribution < 1.29 is 0 Å². The Labute approximate surface area is 173 Å². The molecule has 1 aliphatic rings. The normalized spacial score (nSPS) is 20.8. The Bertz CT molecular complexity index is 712. The quantitative estimate of drug-likeness (QED) is 0.401. The van der Waals surface area contributed by atoms with Gasteiger partial charge in [0, 0.05) is 12.4 Å². The molecule has 1 atom stereocenters. The number of hydrogen-bond donors (Lipinski definition) is 0. The zero-order valence-corrected chi connectivity index (χ0v) is 18.3. The van der Waals surface area contributed by atoms with Crippen LogP contribution in [0.25, 0.3) is 11.1 Å². The van der Waals surface area contributed by atoms with Gasteiger partial charge in [-0.3, -0.25) is 4.98 Å². The predicted molar refractivity (Wildman–Crippen MR) is 122 cm³/mol. The third-order valence-electron chi connectivity index (χ3n) is 7.10. The number of nitrogens with zero attached hydrogens (tertiary/aromatic N) is 1. The van der Waals surface area contributed by atoms with Gasteiger partial charge in [0.05, 0.1) is 0 Å². The van der Waals surface area contributed by atoms with Crippen molar-refractivity contribution >= 4 is 0 Å². The Hall–Kier alpha value is -1.63. The molecule has 1 aliphatic carbocycles. The largest absolute Gasteiger partial charge is 0.264 e. The van der Waals surface area contributed by atoms with Gasteiger partial charge in [0.2, 0.25) is 0 Å². The third kappa shape index (κ3) is 5.25. The van der Waals surface area contributed by atoms with Crippen LogP contribution in [0.1, 0.15) is 95.6 Å². The Balaban J connectivity index is 1.67. The summed E-state index contributed by atoms with van der Waals surface area (Å²) < 4.78 is 0. The third-order valence-corrected chi connectivity index (χ3v) is 7.10. The Morgan fingerprint density at radius 1 is 0.929 bits per heavy atom. The maximum absolute atomic E-state index is 4.52. The van der Waals surface area contributed by atoms with Crippen molar-refractivity contribution in [3.63, 3.8) is 0 Å². The average molecular weight is 378 g/mol. The molecule has 0 radical (unpaired) electrons. The van der Waals surface area contributed by atoms with Gasteiger partial charge in [0.25, 0.3) is 0 Å². The average Bonchev–Trinajstić information content (AvgIpc) is 2.76. The molecule has 1 saturated carbocycles. The topological polar surface area (TPSA) is 12.9 Å². The predicted octanol–water partition coefficient (Wildman–Crippen LogP) is 8.19. The Morgan fingerprint density at radius 2 is 1.71 bits per heavy atom. The van der Waals surface area contributed by atoms with Crippen LogP contribution in [0, 0.1) is 11.8 Å². The summed E-state index contributed by atoms with van der Waals surface area (Å²) in [5.41, 5.74) is 5.70. The van der Waals surface area contributed by atoms with E-state index in [1.165, 1.54) is 80.0 Å². The maximum atomic E-state index is 4.52. The van der Waals surface area contributed by atoms with E-state index in [0.717, 1.165) is 18.3 Å². The minimum atomic E-state index is 0.592. The Kier molecular flexibility index (Phi) is 8.13. The van der Waals surface area contributed by atoms with Gasteiger partial charge in [-0.05, 0) is 65.3 Å². The van der Waals surface area contributed by atoms with Gasteiger partial charge in [0.1, 0.15) is 0 Å². The van der Waals surface area contributed by atoms with Crippen molar-refractivity contribution in [2.24, 2.45) is 11.8 Å². The van der Waals surface area contributed by atoms with Gasteiger partial charge >= 0.3 is 0 Å². The molecule has 3 rings (SSSR count). The fraction of sp³-hybridized carbons (Fsp3) is 0.593. The summed E-state index contributed by atoms with van der Waals surface area (Å²) in [7, 11) is 0. The van der Waals surface area contributed by atoms with E-state index in [-0.39, 0.29) is 0 Å². The number of benzene rings is 1. The molecule has 2 aromatic rings. The lowest BCUT2D eigenvalue weighted by Crippen LogP contribution is -2.19. The van der Waals surface area contributed by atoms with Crippen molar-refractivity contribution in [2.75, 3.05) is 0 Å². The van der Waals surface area contributed by atoms with Gasteiger partial charge in [-0.1, -0.05) is 90.0 Å². The fourth-order valence-electron chi connectivity index (χ4n) is 5.20. The van der Waals surface area contributed by atoms with E-state index in [9.17, 15) is 0 Å². The summed E-state index contributed by atoms with van der Waals surface area (Å²) in [6.45, 7) is 7.00. The summed E-state index contributed by atoms with van der Waals surface area (Å²) in [5.74, 6) is 2.38. The van der Waals surface area contributed by atoms with Crippen LogP contribution >= 0.6 is 0 Å². The van der Waals surface area contributed by atoms with Crippen LogP contribution in [0.3, 0.4) is 0 Å². The van der Waals surface area contributed by atoms with Gasteiger partial charge < -0.3 is 0 Å². The summed E-state index contributed by atoms with van der Waals surface area (Å²) in [5, 5.41) is 0. The van der Waals surface area contributed by atoms with Gasteiger partial charge in [-0.15, -0.1) is 0 Å². The van der Waals surface area contributed by atoms with E-state index in [1.807, 2.05) is 6.20 Å². The molecule has 1 aromatic carbocycles. The van der Waals surface area contributed by atoms with Crippen molar-refractivity contribution in [1.82, 2.24) is 4.98 Å². The number of aryl methyl sites for hydroxylation is 1. The number of unbranched alkanes of at least 4 members (excludes halogenated alkanes) is 3. The van der Waals surface area contributed by atoms with E-state index in [1.54, 1.807) is 0 Å². The molecule has 1 aromatic heterocycles. The lowest BCUT2D eigenvalue weighted by Gasteiger charge is -2.33. The summed E-state index contributed by atoms with van der Waals surface area (Å²) >= 11 is 0. The van der Waals surface area contributed by atoms with Crippen molar-refractivity contribution in [3.05, 3.63) is 53.9 Å². The molecule has 1 nitrogen and oxygen atoms in total. The lowest BCUT2D eigenvalue weighted by molar-refractivity contribution is 0.236. The van der Waals surface area contributed by atoms with E-state index in [2.05, 4.69) is 62.3 Å². The second kappa shape index (κ2) is 10.8. The molecule has 1 fully saturated rings. The molecule has 1 heterocycles. The molecule has 152 valence electrons. The second-order valence-corrected chi connectivity index (χ2v) is 8.89. The standard InChI is InChI=1S/C27H39N/c1-4-6-7-8-11-22-14-16-24(17-15-22)21(3)27-20-28-19-18-26(27)25-13-10-9-12-23(25)5-2/h9-10,12-13,18-22,24H,4-8,11,14-17H2,1-3H3. The Morgan fingerprint density at radius 3 is 2.46 bits per heavy atom. The van der Waals surface area contributed by atoms with Crippen LogP contribution in [-0.2, 0) is 6.42 Å². The number of hydrogen-bond acceptors (Lipinski definition) is 1. The zero-order chi connectivity index (χ0) is 19.8. The van der Waals surface area contributed by atoms with Crippen molar-refractivity contribution in [1.29, 1.82) is 0 Å². The van der Waals surface area contributed by atoms with Crippen molar-refractivity contribution in [3.8, 4) is 11.1 Å². The first kappa shape index (κ1) is 21.1. The highest BCUT2D eigenvalue weighted by atomic mass is 14.6. The van der Waals surface area contributed by atoms with Crippen LogP contribution < -0.4 is 0 Å². The molecule has 0 saturated heterocycles. The molecule has 1 unspecified atom stereocenters. The number of aromatic nitrogens is 1. The van der Waals surface area contributed by atoms with Gasteiger partial charge in [-0.2, -0.15) is 0 Å². The van der Waals surface area contributed by atoms with Crippen molar-refractivity contribution in [2.45, 2.75) is 90.9 Å². The summed E-state index contributed by atoms with van der Waals surface area (Å²) in [6.07, 6.45) is 17.9. The molecule has 1 heteroatoms. The summed E-state index contributed by atoms with van der Waals surface area (Å²) in [6, 6.07) is 11.1. The van der Waals surface area contributed by atoms with E-state index >= 15 is 0 Å². The molecule has 28 heavy (non-hydrogen) atoms. The number of rotatable bonds is 9.